The molecule has 0 aromatic heterocycles. The molecule has 0 unspecified atom stereocenters. The third kappa shape index (κ3) is 3.22. The van der Waals surface area contributed by atoms with Crippen LogP contribution in [-0.4, -0.2) is 27.9 Å². The van der Waals surface area contributed by atoms with Crippen molar-refractivity contribution < 1.29 is 5.21 Å². The Hall–Kier alpha value is -1.65. The minimum absolute atomic E-state index is 0.385. The van der Waals surface area contributed by atoms with Crippen molar-refractivity contribution >= 4 is 23.7 Å². The van der Waals surface area contributed by atoms with Gasteiger partial charge in [0.2, 0.25) is 0 Å². The highest BCUT2D eigenvalue weighted by molar-refractivity contribution is 6.34. The lowest BCUT2D eigenvalue weighted by Crippen LogP contribution is -2.34. The molecule has 0 spiro atoms. The minimum Gasteiger partial charge on any atom is -0.288 e. The minimum atomic E-state index is -0.385. The second-order valence-corrected chi connectivity index (χ2v) is 5.65. The predicted molar refractivity (Wildman–Crippen MR) is 77.9 cm³/mol. The summed E-state index contributed by atoms with van der Waals surface area (Å²) in [5, 5.41) is 11.6. The topological polar surface area (TPSA) is 48.2 Å². The predicted octanol–water partition coefficient (Wildman–Crippen LogP) is 3.50. The molecule has 0 bridgehead atoms. The fourth-order valence-corrected chi connectivity index (χ4v) is 1.68. The molecule has 0 aliphatic carbocycles. The molecular weight excluding hydrogens is 262 g/mol. The van der Waals surface area contributed by atoms with E-state index in [0.717, 1.165) is 10.6 Å². The summed E-state index contributed by atoms with van der Waals surface area (Å²) in [4.78, 5) is 8.56. The van der Waals surface area contributed by atoms with E-state index in [0.29, 0.717) is 16.6 Å². The Kier molecular flexibility index (Phi) is 3.73. The van der Waals surface area contributed by atoms with Gasteiger partial charge in [-0.2, -0.15) is 0 Å². The van der Waals surface area contributed by atoms with Gasteiger partial charge in [-0.05, 0) is 32.9 Å². The molecule has 0 atom stereocenters. The summed E-state index contributed by atoms with van der Waals surface area (Å²) < 4.78 is 0. The summed E-state index contributed by atoms with van der Waals surface area (Å²) in [5.41, 5.74) is 0.986. The number of nitrogens with zero attached hydrogens (tertiary/aromatic N) is 3. The van der Waals surface area contributed by atoms with Crippen LogP contribution in [-0.2, 0) is 0 Å². The van der Waals surface area contributed by atoms with E-state index in [4.69, 9.17) is 11.6 Å². The van der Waals surface area contributed by atoms with Crippen LogP contribution in [0.4, 0.5) is 0 Å². The molecule has 1 N–H and O–H groups in total. The maximum atomic E-state index is 9.86. The van der Waals surface area contributed by atoms with E-state index in [2.05, 4.69) is 9.98 Å². The summed E-state index contributed by atoms with van der Waals surface area (Å²) in [7, 11) is 0. The second kappa shape index (κ2) is 5.15. The first-order chi connectivity index (χ1) is 8.88. The first-order valence-corrected chi connectivity index (χ1v) is 6.33. The Labute approximate surface area is 117 Å². The average Bonchev–Trinajstić information content (AvgIpc) is 2.76. The van der Waals surface area contributed by atoms with E-state index < -0.39 is 0 Å². The standard InChI is InChI=1S/C14H16ClN3O/c1-14(2,3)18(19)9-10-8-16-13(17-10)11-6-4-5-7-12(11)15/h4-9,19H,1-3H3/b10-9+. The van der Waals surface area contributed by atoms with E-state index in [9.17, 15) is 5.21 Å². The number of aliphatic imine (C=N–C) groups is 2. The summed E-state index contributed by atoms with van der Waals surface area (Å²) in [6.07, 6.45) is 3.15. The molecule has 1 heterocycles. The zero-order valence-electron chi connectivity index (χ0n) is 11.1. The van der Waals surface area contributed by atoms with Crippen LogP contribution >= 0.6 is 11.6 Å². The van der Waals surface area contributed by atoms with Gasteiger partial charge in [0.1, 0.15) is 5.70 Å². The second-order valence-electron chi connectivity index (χ2n) is 5.24. The lowest BCUT2D eigenvalue weighted by molar-refractivity contribution is -0.110. The number of benzene rings is 1. The van der Waals surface area contributed by atoms with Gasteiger partial charge in [-0.3, -0.25) is 10.3 Å². The SMILES string of the molecule is CC(C)(C)N(O)/C=C1\C=NC(c2ccccc2Cl)=N1. The monoisotopic (exact) mass is 277 g/mol. The summed E-state index contributed by atoms with van der Waals surface area (Å²) in [6, 6.07) is 7.40. The molecule has 0 radical (unpaired) electrons. The van der Waals surface area contributed by atoms with E-state index >= 15 is 0 Å². The number of hydroxylamine groups is 2. The van der Waals surface area contributed by atoms with Crippen molar-refractivity contribution in [1.82, 2.24) is 5.06 Å². The Morgan fingerprint density at radius 2 is 1.95 bits per heavy atom. The molecule has 4 nitrogen and oxygen atoms in total. The highest BCUT2D eigenvalue weighted by Gasteiger charge is 2.18. The van der Waals surface area contributed by atoms with Crippen LogP contribution < -0.4 is 0 Å². The van der Waals surface area contributed by atoms with Gasteiger partial charge in [0.25, 0.3) is 0 Å². The number of allylic oxidation sites excluding steroid dienone is 1. The van der Waals surface area contributed by atoms with Crippen molar-refractivity contribution in [3.8, 4) is 0 Å². The summed E-state index contributed by atoms with van der Waals surface area (Å²) >= 11 is 6.10. The zero-order chi connectivity index (χ0) is 14.0. The molecule has 1 aromatic rings. The Morgan fingerprint density at radius 1 is 1.26 bits per heavy atom. The molecule has 0 amide bonds. The first-order valence-electron chi connectivity index (χ1n) is 5.95. The number of hydrogen-bond acceptors (Lipinski definition) is 4. The van der Waals surface area contributed by atoms with Crippen LogP contribution in [0.2, 0.25) is 5.02 Å². The molecule has 19 heavy (non-hydrogen) atoms. The summed E-state index contributed by atoms with van der Waals surface area (Å²) in [6.45, 7) is 5.69. The Bertz CT molecular complexity index is 570. The smallest absolute Gasteiger partial charge is 0.161 e. The van der Waals surface area contributed by atoms with E-state index in [-0.39, 0.29) is 5.54 Å². The third-order valence-electron chi connectivity index (χ3n) is 2.61. The van der Waals surface area contributed by atoms with E-state index in [1.807, 2.05) is 39.0 Å². The Balaban J connectivity index is 2.26. The van der Waals surface area contributed by atoms with Crippen molar-refractivity contribution in [2.24, 2.45) is 9.98 Å². The average molecular weight is 278 g/mol. The van der Waals surface area contributed by atoms with Crippen molar-refractivity contribution in [2.75, 3.05) is 0 Å². The molecule has 0 saturated heterocycles. The van der Waals surface area contributed by atoms with Gasteiger partial charge >= 0.3 is 0 Å². The van der Waals surface area contributed by atoms with Crippen LogP contribution in [0.1, 0.15) is 26.3 Å². The number of halogens is 1. The highest BCUT2D eigenvalue weighted by atomic mass is 35.5. The largest absolute Gasteiger partial charge is 0.288 e. The molecule has 5 heteroatoms. The van der Waals surface area contributed by atoms with Crippen LogP contribution in [0.3, 0.4) is 0 Å². The maximum Gasteiger partial charge on any atom is 0.161 e. The molecule has 1 aliphatic rings. The molecule has 0 saturated carbocycles. The van der Waals surface area contributed by atoms with Gasteiger partial charge in [-0.25, -0.2) is 9.98 Å². The van der Waals surface area contributed by atoms with Gasteiger partial charge in [0, 0.05) is 5.56 Å². The third-order valence-corrected chi connectivity index (χ3v) is 2.94. The van der Waals surface area contributed by atoms with E-state index in [1.54, 1.807) is 18.5 Å². The fourth-order valence-electron chi connectivity index (χ4n) is 1.46. The van der Waals surface area contributed by atoms with Gasteiger partial charge < -0.3 is 0 Å². The van der Waals surface area contributed by atoms with Gasteiger partial charge in [-0.1, -0.05) is 23.7 Å². The summed E-state index contributed by atoms with van der Waals surface area (Å²) in [5.74, 6) is 0.555. The maximum absolute atomic E-state index is 9.86. The molecule has 1 aromatic carbocycles. The quantitative estimate of drug-likeness (QED) is 0.841. The van der Waals surface area contributed by atoms with Crippen molar-refractivity contribution in [1.29, 1.82) is 0 Å². The molecule has 100 valence electrons. The number of amidine groups is 1. The number of rotatable bonds is 2. The number of hydrogen-bond donors (Lipinski definition) is 1. The van der Waals surface area contributed by atoms with Crippen LogP contribution in [0, 0.1) is 0 Å². The highest BCUT2D eigenvalue weighted by Crippen LogP contribution is 2.20. The lowest BCUT2D eigenvalue weighted by Gasteiger charge is -2.27. The normalized spacial score (nSPS) is 16.9. The Morgan fingerprint density at radius 3 is 2.58 bits per heavy atom. The van der Waals surface area contributed by atoms with Crippen molar-refractivity contribution in [3.63, 3.8) is 0 Å². The van der Waals surface area contributed by atoms with Crippen molar-refractivity contribution in [3.05, 3.63) is 46.7 Å². The fraction of sp³-hybridized carbons (Fsp3) is 0.286. The van der Waals surface area contributed by atoms with Crippen LogP contribution in [0.15, 0.2) is 46.1 Å². The van der Waals surface area contributed by atoms with Gasteiger partial charge in [0.15, 0.2) is 5.84 Å². The molecule has 0 fully saturated rings. The molecule has 1 aliphatic heterocycles. The van der Waals surface area contributed by atoms with Crippen molar-refractivity contribution in [2.45, 2.75) is 26.3 Å². The lowest BCUT2D eigenvalue weighted by atomic mass is 10.1. The van der Waals surface area contributed by atoms with E-state index in [1.165, 1.54) is 0 Å². The van der Waals surface area contributed by atoms with Gasteiger partial charge in [-0.15, -0.1) is 0 Å². The molecular formula is C14H16ClN3O. The van der Waals surface area contributed by atoms with Crippen LogP contribution in [0.5, 0.6) is 0 Å². The van der Waals surface area contributed by atoms with Gasteiger partial charge in [0.05, 0.1) is 23.0 Å². The first kappa shape index (κ1) is 13.8. The van der Waals surface area contributed by atoms with Crippen LogP contribution in [0.25, 0.3) is 0 Å². The molecule has 2 rings (SSSR count). The zero-order valence-corrected chi connectivity index (χ0v) is 11.9.